The van der Waals surface area contributed by atoms with Crippen LogP contribution in [0, 0.1) is 0 Å². The Morgan fingerprint density at radius 2 is 2.00 bits per heavy atom. The molecule has 0 saturated heterocycles. The third-order valence-corrected chi connectivity index (χ3v) is 4.75. The minimum absolute atomic E-state index is 0.203. The molecule has 2 aromatic carbocycles. The number of halogens is 1. The summed E-state index contributed by atoms with van der Waals surface area (Å²) in [6.07, 6.45) is 0.860. The zero-order valence-electron chi connectivity index (χ0n) is 11.7. The van der Waals surface area contributed by atoms with E-state index < -0.39 is 0 Å². The molecule has 1 spiro atoms. The fourth-order valence-electron chi connectivity index (χ4n) is 3.31. The Labute approximate surface area is 129 Å². The molecule has 0 aliphatic carbocycles. The average Bonchev–Trinajstić information content (AvgIpc) is 3.06. The van der Waals surface area contributed by atoms with E-state index in [0.717, 1.165) is 22.8 Å². The molecule has 0 fully saturated rings. The van der Waals surface area contributed by atoms with Crippen molar-refractivity contribution in [3.05, 3.63) is 64.7 Å². The van der Waals surface area contributed by atoms with Crippen LogP contribution in [0.1, 0.15) is 24.5 Å². The second-order valence-corrected chi connectivity index (χ2v) is 6.18. The lowest BCUT2D eigenvalue weighted by Gasteiger charge is -2.28. The number of nitrogens with one attached hydrogen (secondary N) is 2. The number of hydrogen-bond acceptors (Lipinski definition) is 3. The first-order valence-electron chi connectivity index (χ1n) is 7.15. The zero-order valence-corrected chi connectivity index (χ0v) is 12.5. The molecular weight excluding hydrogens is 282 g/mol. The van der Waals surface area contributed by atoms with Gasteiger partial charge in [-0.25, -0.2) is 0 Å². The lowest BCUT2D eigenvalue weighted by atomic mass is 9.82. The summed E-state index contributed by atoms with van der Waals surface area (Å²) in [6, 6.07) is 16.6. The van der Waals surface area contributed by atoms with Crippen molar-refractivity contribution in [3.63, 3.8) is 0 Å². The summed E-state index contributed by atoms with van der Waals surface area (Å²) in [6.45, 7) is 2.18. The summed E-state index contributed by atoms with van der Waals surface area (Å²) in [5.41, 5.74) is 7.79. The number of hydrazone groups is 1. The summed E-state index contributed by atoms with van der Waals surface area (Å²) < 4.78 is 0. The van der Waals surface area contributed by atoms with Crippen LogP contribution < -0.4 is 10.7 Å². The van der Waals surface area contributed by atoms with Gasteiger partial charge in [-0.1, -0.05) is 41.9 Å². The molecule has 3 nitrogen and oxygen atoms in total. The molecule has 4 rings (SSSR count). The quantitative estimate of drug-likeness (QED) is 0.841. The SMILES string of the molecule is CC1Nc2ccc(Cl)cc2C12CC(c1ccccc1)=NN2. The minimum atomic E-state index is -0.203. The van der Waals surface area contributed by atoms with E-state index in [4.69, 9.17) is 11.6 Å². The molecule has 2 aliphatic heterocycles. The van der Waals surface area contributed by atoms with E-state index in [1.807, 2.05) is 36.4 Å². The first-order valence-corrected chi connectivity index (χ1v) is 7.52. The van der Waals surface area contributed by atoms with Crippen molar-refractivity contribution in [1.29, 1.82) is 0 Å². The minimum Gasteiger partial charge on any atom is -0.380 e. The van der Waals surface area contributed by atoms with E-state index in [1.165, 1.54) is 11.1 Å². The number of nitrogens with zero attached hydrogens (tertiary/aromatic N) is 1. The van der Waals surface area contributed by atoms with Crippen molar-refractivity contribution in [2.24, 2.45) is 5.10 Å². The number of anilines is 1. The smallest absolute Gasteiger partial charge is 0.107 e. The van der Waals surface area contributed by atoms with Gasteiger partial charge in [0.15, 0.2) is 0 Å². The molecule has 2 aliphatic rings. The molecule has 2 unspecified atom stereocenters. The van der Waals surface area contributed by atoms with Crippen LogP contribution in [-0.4, -0.2) is 11.8 Å². The largest absolute Gasteiger partial charge is 0.380 e. The molecular formula is C17H16ClN3. The highest BCUT2D eigenvalue weighted by molar-refractivity contribution is 6.30. The van der Waals surface area contributed by atoms with Crippen molar-refractivity contribution in [2.75, 3.05) is 5.32 Å². The maximum atomic E-state index is 6.19. The van der Waals surface area contributed by atoms with Gasteiger partial charge in [0, 0.05) is 22.7 Å². The van der Waals surface area contributed by atoms with Crippen LogP contribution >= 0.6 is 11.6 Å². The van der Waals surface area contributed by atoms with Crippen LogP contribution in [0.4, 0.5) is 5.69 Å². The average molecular weight is 298 g/mol. The van der Waals surface area contributed by atoms with Gasteiger partial charge in [-0.2, -0.15) is 5.10 Å². The molecule has 0 saturated carbocycles. The molecule has 0 amide bonds. The normalized spacial score (nSPS) is 26.2. The van der Waals surface area contributed by atoms with Crippen molar-refractivity contribution in [2.45, 2.75) is 24.9 Å². The Hall–Kier alpha value is -2.00. The van der Waals surface area contributed by atoms with Crippen molar-refractivity contribution < 1.29 is 0 Å². The van der Waals surface area contributed by atoms with Gasteiger partial charge >= 0.3 is 0 Å². The zero-order chi connectivity index (χ0) is 14.4. The van der Waals surface area contributed by atoms with Gasteiger partial charge in [-0.15, -0.1) is 0 Å². The molecule has 0 bridgehead atoms. The van der Waals surface area contributed by atoms with Crippen molar-refractivity contribution in [3.8, 4) is 0 Å². The van der Waals surface area contributed by atoms with E-state index in [0.29, 0.717) is 0 Å². The lowest BCUT2D eigenvalue weighted by molar-refractivity contribution is 0.355. The Bertz CT molecular complexity index is 726. The second kappa shape index (κ2) is 4.50. The maximum Gasteiger partial charge on any atom is 0.107 e. The van der Waals surface area contributed by atoms with E-state index in [-0.39, 0.29) is 11.6 Å². The molecule has 2 N–H and O–H groups in total. The summed E-state index contributed by atoms with van der Waals surface area (Å²) in [4.78, 5) is 0. The van der Waals surface area contributed by atoms with Crippen LogP contribution in [0.3, 0.4) is 0 Å². The highest BCUT2D eigenvalue weighted by atomic mass is 35.5. The lowest BCUT2D eigenvalue weighted by Crippen LogP contribution is -2.44. The summed E-state index contributed by atoms with van der Waals surface area (Å²) in [5, 5.41) is 8.90. The number of benzene rings is 2. The molecule has 2 aromatic rings. The predicted octanol–water partition coefficient (Wildman–Crippen LogP) is 3.75. The van der Waals surface area contributed by atoms with E-state index in [1.54, 1.807) is 0 Å². The van der Waals surface area contributed by atoms with Gasteiger partial charge in [-0.05, 0) is 30.7 Å². The van der Waals surface area contributed by atoms with E-state index >= 15 is 0 Å². The summed E-state index contributed by atoms with van der Waals surface area (Å²) in [7, 11) is 0. The first-order chi connectivity index (χ1) is 10.2. The summed E-state index contributed by atoms with van der Waals surface area (Å²) >= 11 is 6.19. The van der Waals surface area contributed by atoms with E-state index in [9.17, 15) is 0 Å². The molecule has 0 radical (unpaired) electrons. The maximum absolute atomic E-state index is 6.19. The molecule has 0 aromatic heterocycles. The van der Waals surface area contributed by atoms with Gasteiger partial charge in [-0.3, -0.25) is 5.43 Å². The van der Waals surface area contributed by atoms with E-state index in [2.05, 4.69) is 34.9 Å². The highest BCUT2D eigenvalue weighted by Gasteiger charge is 2.48. The molecule has 106 valence electrons. The summed E-state index contributed by atoms with van der Waals surface area (Å²) in [5.74, 6) is 0. The van der Waals surface area contributed by atoms with Gasteiger partial charge in [0.1, 0.15) is 5.54 Å². The van der Waals surface area contributed by atoms with Crippen molar-refractivity contribution >= 4 is 23.0 Å². The Balaban J connectivity index is 1.74. The van der Waals surface area contributed by atoms with Crippen LogP contribution in [0.15, 0.2) is 53.6 Å². The fraction of sp³-hybridized carbons (Fsp3) is 0.235. The van der Waals surface area contributed by atoms with Crippen LogP contribution in [0.5, 0.6) is 0 Å². The molecule has 2 atom stereocenters. The van der Waals surface area contributed by atoms with Gasteiger partial charge in [0.05, 0.1) is 11.8 Å². The van der Waals surface area contributed by atoms with Crippen molar-refractivity contribution in [1.82, 2.24) is 5.43 Å². The van der Waals surface area contributed by atoms with Gasteiger partial charge in [0.25, 0.3) is 0 Å². The molecule has 2 heterocycles. The number of rotatable bonds is 1. The monoisotopic (exact) mass is 297 g/mol. The van der Waals surface area contributed by atoms with Crippen LogP contribution in [0.25, 0.3) is 0 Å². The highest BCUT2D eigenvalue weighted by Crippen LogP contribution is 2.45. The predicted molar refractivity (Wildman–Crippen MR) is 86.9 cm³/mol. The second-order valence-electron chi connectivity index (χ2n) is 5.74. The first kappa shape index (κ1) is 12.7. The third-order valence-electron chi connectivity index (χ3n) is 4.52. The van der Waals surface area contributed by atoms with Gasteiger partial charge < -0.3 is 5.32 Å². The molecule has 21 heavy (non-hydrogen) atoms. The standard InChI is InChI=1S/C17H16ClN3/c1-11-17(14-9-13(18)7-8-15(14)19-11)10-16(20-21-17)12-5-3-2-4-6-12/h2-9,11,19,21H,10H2,1H3. The number of fused-ring (bicyclic) bond motifs is 2. The van der Waals surface area contributed by atoms with Gasteiger partial charge in [0.2, 0.25) is 0 Å². The Kier molecular flexibility index (Phi) is 2.73. The van der Waals surface area contributed by atoms with Crippen LogP contribution in [-0.2, 0) is 5.54 Å². The Morgan fingerprint density at radius 3 is 2.81 bits per heavy atom. The van der Waals surface area contributed by atoms with Crippen LogP contribution in [0.2, 0.25) is 5.02 Å². The Morgan fingerprint density at radius 1 is 1.19 bits per heavy atom. The topological polar surface area (TPSA) is 36.4 Å². The molecule has 4 heteroatoms. The fourth-order valence-corrected chi connectivity index (χ4v) is 3.49. The number of hydrogen-bond donors (Lipinski definition) is 2. The third kappa shape index (κ3) is 1.84.